The Morgan fingerprint density at radius 3 is 2.44 bits per heavy atom. The van der Waals surface area contributed by atoms with Crippen molar-refractivity contribution in [2.45, 2.75) is 13.5 Å². The largest absolute Gasteiger partial charge is 0.492 e. The fraction of sp³-hybridized carbons (Fsp3) is 0.217. The number of imide groups is 2. The van der Waals surface area contributed by atoms with Crippen LogP contribution in [0.15, 0.2) is 67.0 Å². The molecule has 9 heteroatoms. The highest BCUT2D eigenvalue weighted by atomic mass is 16.5. The Kier molecular flexibility index (Phi) is 6.00. The van der Waals surface area contributed by atoms with Crippen LogP contribution in [0.1, 0.15) is 12.5 Å². The monoisotopic (exact) mass is 433 g/mol. The summed E-state index contributed by atoms with van der Waals surface area (Å²) in [7, 11) is 1.77. The molecule has 0 N–H and O–H groups in total. The lowest BCUT2D eigenvalue weighted by Gasteiger charge is -2.22. The molecule has 3 aromatic rings. The van der Waals surface area contributed by atoms with Gasteiger partial charge in [-0.3, -0.25) is 14.5 Å². The molecule has 0 radical (unpaired) electrons. The van der Waals surface area contributed by atoms with Crippen molar-refractivity contribution in [2.24, 2.45) is 0 Å². The number of aromatic nitrogens is 2. The van der Waals surface area contributed by atoms with Crippen molar-refractivity contribution >= 4 is 23.5 Å². The number of rotatable bonds is 8. The Bertz CT molecular complexity index is 1140. The molecular formula is C23H23N5O4. The second-order valence-corrected chi connectivity index (χ2v) is 7.34. The molecule has 1 aliphatic heterocycles. The van der Waals surface area contributed by atoms with E-state index in [-0.39, 0.29) is 12.4 Å². The van der Waals surface area contributed by atoms with Crippen LogP contribution in [0.5, 0.6) is 5.75 Å². The lowest BCUT2D eigenvalue weighted by atomic mass is 10.2. The minimum absolute atomic E-state index is 0.0345. The molecule has 0 spiro atoms. The predicted octanol–water partition coefficient (Wildman–Crippen LogP) is 2.66. The highest BCUT2D eigenvalue weighted by Crippen LogP contribution is 2.31. The zero-order chi connectivity index (χ0) is 22.7. The number of anilines is 1. The van der Waals surface area contributed by atoms with Gasteiger partial charge in [0.15, 0.2) is 0 Å². The molecule has 4 rings (SSSR count). The lowest BCUT2D eigenvalue weighted by Crippen LogP contribution is -2.40. The van der Waals surface area contributed by atoms with E-state index in [1.54, 1.807) is 54.0 Å². The summed E-state index contributed by atoms with van der Waals surface area (Å²) >= 11 is 0. The summed E-state index contributed by atoms with van der Waals surface area (Å²) in [4.78, 5) is 41.7. The maximum atomic E-state index is 13.0. The third kappa shape index (κ3) is 4.10. The number of carbonyl (C=O) groups excluding carboxylic acids is 3. The highest BCUT2D eigenvalue weighted by molar-refractivity contribution is 6.53. The Morgan fingerprint density at radius 2 is 1.69 bits per heavy atom. The number of para-hydroxylation sites is 3. The molecule has 1 aliphatic rings. The highest BCUT2D eigenvalue weighted by Gasteiger charge is 2.46. The summed E-state index contributed by atoms with van der Waals surface area (Å²) in [5.41, 5.74) is 2.09. The minimum Gasteiger partial charge on any atom is -0.492 e. The first-order valence-corrected chi connectivity index (χ1v) is 10.2. The predicted molar refractivity (Wildman–Crippen MR) is 117 cm³/mol. The van der Waals surface area contributed by atoms with Gasteiger partial charge >= 0.3 is 17.8 Å². The van der Waals surface area contributed by atoms with E-state index in [2.05, 4.69) is 5.10 Å². The summed E-state index contributed by atoms with van der Waals surface area (Å²) in [5, 5.41) is 4.36. The smallest absolute Gasteiger partial charge is 0.340 e. The first kappa shape index (κ1) is 21.3. The van der Waals surface area contributed by atoms with Gasteiger partial charge < -0.3 is 4.74 Å². The van der Waals surface area contributed by atoms with Gasteiger partial charge in [0, 0.05) is 18.3 Å². The van der Waals surface area contributed by atoms with Crippen LogP contribution in [-0.2, 0) is 16.1 Å². The molecule has 2 heterocycles. The molecule has 1 saturated heterocycles. The van der Waals surface area contributed by atoms with Crippen molar-refractivity contribution in [3.8, 4) is 11.4 Å². The fourth-order valence-electron chi connectivity index (χ4n) is 3.53. The average Bonchev–Trinajstić information content (AvgIpc) is 3.34. The number of urea groups is 1. The van der Waals surface area contributed by atoms with Gasteiger partial charge in [-0.25, -0.2) is 19.3 Å². The molecule has 0 aliphatic carbocycles. The summed E-state index contributed by atoms with van der Waals surface area (Å²) in [5.74, 6) is -1.39. The SMILES string of the molecule is CCOc1ccccc1N1C(=O)C(=O)N(CN(C)Cc2cnn(-c3ccccc3)c2)C1=O. The first-order valence-electron chi connectivity index (χ1n) is 10.2. The fourth-order valence-corrected chi connectivity index (χ4v) is 3.53. The zero-order valence-corrected chi connectivity index (χ0v) is 17.8. The van der Waals surface area contributed by atoms with Gasteiger partial charge in [0.2, 0.25) is 0 Å². The topological polar surface area (TPSA) is 88.0 Å². The van der Waals surface area contributed by atoms with Crippen LogP contribution in [0.3, 0.4) is 0 Å². The quantitative estimate of drug-likeness (QED) is 0.401. The molecule has 1 fully saturated rings. The van der Waals surface area contributed by atoms with E-state index in [0.717, 1.165) is 21.1 Å². The van der Waals surface area contributed by atoms with Crippen molar-refractivity contribution < 1.29 is 19.1 Å². The molecular weight excluding hydrogens is 410 g/mol. The van der Waals surface area contributed by atoms with Crippen molar-refractivity contribution in [1.29, 1.82) is 0 Å². The second-order valence-electron chi connectivity index (χ2n) is 7.34. The van der Waals surface area contributed by atoms with Crippen molar-refractivity contribution in [1.82, 2.24) is 19.6 Å². The van der Waals surface area contributed by atoms with E-state index >= 15 is 0 Å². The molecule has 2 aromatic carbocycles. The molecule has 0 unspecified atom stereocenters. The number of hydrogen-bond acceptors (Lipinski definition) is 6. The van der Waals surface area contributed by atoms with Crippen LogP contribution >= 0.6 is 0 Å². The van der Waals surface area contributed by atoms with Crippen LogP contribution in [0, 0.1) is 0 Å². The molecule has 0 saturated carbocycles. The Morgan fingerprint density at radius 1 is 0.969 bits per heavy atom. The summed E-state index contributed by atoms with van der Waals surface area (Å²) in [6.45, 7) is 2.57. The standard InChI is InChI=1S/C23H23N5O4/c1-3-32-20-12-8-7-11-19(20)28-22(30)21(29)26(23(28)31)16-25(2)14-17-13-24-27(15-17)18-9-5-4-6-10-18/h4-13,15H,3,14,16H2,1-2H3. The molecule has 164 valence electrons. The van der Waals surface area contributed by atoms with E-state index < -0.39 is 17.8 Å². The van der Waals surface area contributed by atoms with Gasteiger partial charge in [-0.1, -0.05) is 30.3 Å². The first-order chi connectivity index (χ1) is 15.5. The van der Waals surface area contributed by atoms with E-state index in [1.807, 2.05) is 36.5 Å². The average molecular weight is 433 g/mol. The molecule has 0 bridgehead atoms. The molecule has 4 amide bonds. The number of ether oxygens (including phenoxy) is 1. The maximum Gasteiger partial charge on any atom is 0.340 e. The Balaban J connectivity index is 1.47. The summed E-state index contributed by atoms with van der Waals surface area (Å²) < 4.78 is 7.28. The van der Waals surface area contributed by atoms with Crippen LogP contribution in [0.25, 0.3) is 5.69 Å². The van der Waals surface area contributed by atoms with E-state index in [9.17, 15) is 14.4 Å². The lowest BCUT2D eigenvalue weighted by molar-refractivity contribution is -0.140. The molecule has 32 heavy (non-hydrogen) atoms. The Hall–Kier alpha value is -3.98. The van der Waals surface area contributed by atoms with Gasteiger partial charge in [0.05, 0.1) is 30.8 Å². The Labute approximate surface area is 185 Å². The van der Waals surface area contributed by atoms with Gasteiger partial charge in [-0.15, -0.1) is 0 Å². The number of amides is 4. The molecule has 0 atom stereocenters. The van der Waals surface area contributed by atoms with Crippen LogP contribution in [0.4, 0.5) is 10.5 Å². The summed E-state index contributed by atoms with van der Waals surface area (Å²) in [6, 6.07) is 15.7. The van der Waals surface area contributed by atoms with E-state index in [4.69, 9.17) is 4.74 Å². The molecule has 1 aromatic heterocycles. The van der Waals surface area contributed by atoms with E-state index in [1.165, 1.54) is 0 Å². The van der Waals surface area contributed by atoms with Gasteiger partial charge in [0.1, 0.15) is 5.75 Å². The maximum absolute atomic E-state index is 13.0. The van der Waals surface area contributed by atoms with Crippen molar-refractivity contribution in [2.75, 3.05) is 25.2 Å². The third-order valence-corrected chi connectivity index (χ3v) is 4.95. The second kappa shape index (κ2) is 9.03. The van der Waals surface area contributed by atoms with E-state index in [0.29, 0.717) is 18.9 Å². The van der Waals surface area contributed by atoms with Gasteiger partial charge in [-0.2, -0.15) is 5.10 Å². The van der Waals surface area contributed by atoms with Crippen molar-refractivity contribution in [3.05, 3.63) is 72.6 Å². The number of benzene rings is 2. The van der Waals surface area contributed by atoms with Crippen LogP contribution < -0.4 is 9.64 Å². The third-order valence-electron chi connectivity index (χ3n) is 4.95. The summed E-state index contributed by atoms with van der Waals surface area (Å²) in [6.07, 6.45) is 3.61. The number of hydrogen-bond donors (Lipinski definition) is 0. The molecule has 9 nitrogen and oxygen atoms in total. The van der Waals surface area contributed by atoms with Crippen LogP contribution in [-0.4, -0.2) is 57.7 Å². The normalized spacial score (nSPS) is 14.0. The minimum atomic E-state index is -0.896. The number of nitrogens with zero attached hydrogens (tertiary/aromatic N) is 5. The number of carbonyl (C=O) groups is 3. The van der Waals surface area contributed by atoms with Crippen molar-refractivity contribution in [3.63, 3.8) is 0 Å². The van der Waals surface area contributed by atoms with Gasteiger partial charge in [0.25, 0.3) is 0 Å². The van der Waals surface area contributed by atoms with Gasteiger partial charge in [-0.05, 0) is 38.2 Å². The van der Waals surface area contributed by atoms with Crippen LogP contribution in [0.2, 0.25) is 0 Å². The zero-order valence-electron chi connectivity index (χ0n) is 17.8.